The van der Waals surface area contributed by atoms with Crippen LogP contribution < -0.4 is 10.6 Å². The monoisotopic (exact) mass is 449 g/mol. The number of rotatable bonds is 8. The van der Waals surface area contributed by atoms with Crippen molar-refractivity contribution in [2.75, 3.05) is 45.9 Å². The van der Waals surface area contributed by atoms with Crippen molar-refractivity contribution in [3.8, 4) is 0 Å². The summed E-state index contributed by atoms with van der Waals surface area (Å²) in [6.45, 7) is 14.7. The lowest BCUT2D eigenvalue weighted by Crippen LogP contribution is -2.42. The van der Waals surface area contributed by atoms with Crippen LogP contribution >= 0.6 is 22.7 Å². The Labute approximate surface area is 188 Å². The normalized spacial score (nSPS) is 17.1. The minimum absolute atomic E-state index is 0.106. The summed E-state index contributed by atoms with van der Waals surface area (Å²) in [4.78, 5) is 13.6. The number of guanidine groups is 1. The average molecular weight is 450 g/mol. The zero-order valence-electron chi connectivity index (χ0n) is 18.6. The molecule has 2 N–H and O–H groups in total. The third kappa shape index (κ3) is 6.77. The van der Waals surface area contributed by atoms with E-state index in [4.69, 9.17) is 14.7 Å². The maximum atomic E-state index is 5.55. The van der Waals surface area contributed by atoms with Gasteiger partial charge in [-0.3, -0.25) is 9.89 Å². The molecule has 166 valence electrons. The maximum Gasteiger partial charge on any atom is 0.191 e. The van der Waals surface area contributed by atoms with Gasteiger partial charge < -0.3 is 15.4 Å². The van der Waals surface area contributed by atoms with Crippen molar-refractivity contribution in [1.82, 2.24) is 20.5 Å². The van der Waals surface area contributed by atoms with Gasteiger partial charge in [0, 0.05) is 48.3 Å². The Balaban J connectivity index is 1.59. The molecule has 1 aliphatic rings. The summed E-state index contributed by atoms with van der Waals surface area (Å²) in [5, 5.41) is 12.4. The second-order valence-corrected chi connectivity index (χ2v) is 10.4. The fourth-order valence-corrected chi connectivity index (χ4v) is 5.21. The summed E-state index contributed by atoms with van der Waals surface area (Å²) < 4.78 is 5.55. The lowest BCUT2D eigenvalue weighted by atomic mass is 9.93. The first-order chi connectivity index (χ1) is 14.5. The molecule has 1 unspecified atom stereocenters. The van der Waals surface area contributed by atoms with Gasteiger partial charge in [0.2, 0.25) is 0 Å². The molecule has 1 aliphatic heterocycles. The predicted molar refractivity (Wildman–Crippen MR) is 128 cm³/mol. The lowest BCUT2D eigenvalue weighted by molar-refractivity contribution is 0.0186. The Morgan fingerprint density at radius 2 is 2.07 bits per heavy atom. The molecule has 0 aromatic carbocycles. The Kier molecular flexibility index (Phi) is 8.68. The van der Waals surface area contributed by atoms with Crippen LogP contribution in [0.5, 0.6) is 0 Å². The highest BCUT2D eigenvalue weighted by atomic mass is 32.1. The number of thiazole rings is 1. The van der Waals surface area contributed by atoms with E-state index in [1.165, 1.54) is 15.6 Å². The van der Waals surface area contributed by atoms with Crippen LogP contribution in [-0.2, 0) is 16.6 Å². The molecule has 1 fully saturated rings. The number of thiophene rings is 1. The van der Waals surface area contributed by atoms with E-state index < -0.39 is 0 Å². The number of aromatic nitrogens is 1. The average Bonchev–Trinajstić information content (AvgIpc) is 3.41. The highest BCUT2D eigenvalue weighted by Crippen LogP contribution is 2.26. The molecular weight excluding hydrogens is 414 g/mol. The van der Waals surface area contributed by atoms with Gasteiger partial charge in [-0.05, 0) is 18.4 Å². The molecule has 1 saturated heterocycles. The molecule has 2 aromatic rings. The number of hydrogen-bond donors (Lipinski definition) is 2. The Bertz CT molecular complexity index is 776. The molecule has 0 spiro atoms. The first-order valence-electron chi connectivity index (χ1n) is 10.8. The van der Waals surface area contributed by atoms with Gasteiger partial charge in [0.1, 0.15) is 0 Å². The van der Waals surface area contributed by atoms with Crippen LogP contribution in [0.25, 0.3) is 0 Å². The standard InChI is InChI=1S/C22H35N5OS2/c1-5-23-21(24-9-8-20-26-19(16-30-20)22(2,3)4)25-15-17(18-7-6-14-29-18)27-10-12-28-13-11-27/h6-7,14,16-17H,5,8-13,15H2,1-4H3,(H2,23,24,25). The molecule has 3 rings (SSSR count). The van der Waals surface area contributed by atoms with Crippen LogP contribution in [-0.4, -0.2) is 61.8 Å². The first-order valence-corrected chi connectivity index (χ1v) is 12.6. The fraction of sp³-hybridized carbons (Fsp3) is 0.636. The Hall–Kier alpha value is -1.48. The summed E-state index contributed by atoms with van der Waals surface area (Å²) in [6.07, 6.45) is 0.906. The van der Waals surface area contributed by atoms with E-state index in [0.29, 0.717) is 6.04 Å². The summed E-state index contributed by atoms with van der Waals surface area (Å²) in [5.41, 5.74) is 1.28. The van der Waals surface area contributed by atoms with E-state index in [-0.39, 0.29) is 5.41 Å². The molecule has 3 heterocycles. The molecule has 0 radical (unpaired) electrons. The third-order valence-electron chi connectivity index (χ3n) is 5.08. The first kappa shape index (κ1) is 23.2. The van der Waals surface area contributed by atoms with Gasteiger partial charge in [-0.1, -0.05) is 26.8 Å². The van der Waals surface area contributed by atoms with Crippen molar-refractivity contribution in [2.45, 2.75) is 45.6 Å². The van der Waals surface area contributed by atoms with E-state index in [1.54, 1.807) is 11.3 Å². The predicted octanol–water partition coefficient (Wildman–Crippen LogP) is 3.67. The van der Waals surface area contributed by atoms with Crippen molar-refractivity contribution >= 4 is 28.6 Å². The zero-order chi connectivity index (χ0) is 21.4. The van der Waals surface area contributed by atoms with Gasteiger partial charge in [0.05, 0.1) is 36.5 Å². The minimum atomic E-state index is 0.106. The van der Waals surface area contributed by atoms with E-state index in [9.17, 15) is 0 Å². The molecule has 0 amide bonds. The topological polar surface area (TPSA) is 61.8 Å². The Morgan fingerprint density at radius 1 is 1.27 bits per heavy atom. The summed E-state index contributed by atoms with van der Waals surface area (Å²) in [7, 11) is 0. The molecule has 6 nitrogen and oxygen atoms in total. The molecule has 1 atom stereocenters. The van der Waals surface area contributed by atoms with Crippen LogP contribution in [0.3, 0.4) is 0 Å². The van der Waals surface area contributed by atoms with Crippen LogP contribution in [0.4, 0.5) is 0 Å². The SMILES string of the molecule is CCNC(=NCC(c1cccs1)N1CCOCC1)NCCc1nc(C(C)(C)C)cs1. The quantitative estimate of drug-likeness (QED) is 0.476. The number of nitrogens with one attached hydrogen (secondary N) is 2. The number of ether oxygens (including phenoxy) is 1. The molecule has 0 aliphatic carbocycles. The van der Waals surface area contributed by atoms with Crippen molar-refractivity contribution in [3.63, 3.8) is 0 Å². The largest absolute Gasteiger partial charge is 0.379 e. The van der Waals surface area contributed by atoms with Gasteiger partial charge in [-0.25, -0.2) is 4.98 Å². The highest BCUT2D eigenvalue weighted by Gasteiger charge is 2.23. The second-order valence-electron chi connectivity index (χ2n) is 8.45. The third-order valence-corrected chi connectivity index (χ3v) is 6.96. The van der Waals surface area contributed by atoms with Crippen LogP contribution in [0.1, 0.15) is 49.3 Å². The number of hydrogen-bond acceptors (Lipinski definition) is 6. The van der Waals surface area contributed by atoms with Crippen LogP contribution in [0.15, 0.2) is 27.9 Å². The van der Waals surface area contributed by atoms with Gasteiger partial charge >= 0.3 is 0 Å². The van der Waals surface area contributed by atoms with Gasteiger partial charge in [-0.15, -0.1) is 22.7 Å². The number of aliphatic imine (C=N–C) groups is 1. The van der Waals surface area contributed by atoms with Crippen LogP contribution in [0.2, 0.25) is 0 Å². The van der Waals surface area contributed by atoms with Crippen molar-refractivity contribution < 1.29 is 4.74 Å². The molecule has 8 heteroatoms. The second kappa shape index (κ2) is 11.2. The van der Waals surface area contributed by atoms with Crippen molar-refractivity contribution in [1.29, 1.82) is 0 Å². The van der Waals surface area contributed by atoms with E-state index in [1.807, 2.05) is 11.3 Å². The zero-order valence-corrected chi connectivity index (χ0v) is 20.2. The fourth-order valence-electron chi connectivity index (χ4n) is 3.33. The number of nitrogens with zero attached hydrogens (tertiary/aromatic N) is 3. The summed E-state index contributed by atoms with van der Waals surface area (Å²) in [5.74, 6) is 0.875. The van der Waals surface area contributed by atoms with E-state index >= 15 is 0 Å². The Morgan fingerprint density at radius 3 is 2.70 bits per heavy atom. The molecule has 0 saturated carbocycles. The summed E-state index contributed by atoms with van der Waals surface area (Å²) in [6, 6.07) is 4.65. The minimum Gasteiger partial charge on any atom is -0.379 e. The molecule has 30 heavy (non-hydrogen) atoms. The van der Waals surface area contributed by atoms with Gasteiger partial charge in [0.15, 0.2) is 5.96 Å². The smallest absolute Gasteiger partial charge is 0.191 e. The molecule has 0 bridgehead atoms. The lowest BCUT2D eigenvalue weighted by Gasteiger charge is -2.33. The van der Waals surface area contributed by atoms with Crippen molar-refractivity contribution in [3.05, 3.63) is 38.5 Å². The van der Waals surface area contributed by atoms with E-state index in [0.717, 1.165) is 58.3 Å². The van der Waals surface area contributed by atoms with Crippen molar-refractivity contribution in [2.24, 2.45) is 4.99 Å². The highest BCUT2D eigenvalue weighted by molar-refractivity contribution is 7.10. The number of morpholine rings is 1. The van der Waals surface area contributed by atoms with Gasteiger partial charge in [0.25, 0.3) is 0 Å². The summed E-state index contributed by atoms with van der Waals surface area (Å²) >= 11 is 3.56. The van der Waals surface area contributed by atoms with Gasteiger partial charge in [-0.2, -0.15) is 0 Å². The van der Waals surface area contributed by atoms with Crippen LogP contribution in [0, 0.1) is 0 Å². The maximum absolute atomic E-state index is 5.55. The molecular formula is C22H35N5OS2. The van der Waals surface area contributed by atoms with E-state index in [2.05, 4.69) is 66.1 Å². The molecule has 2 aromatic heterocycles.